The van der Waals surface area contributed by atoms with Crippen molar-refractivity contribution in [3.05, 3.63) is 28.2 Å². The second-order valence-electron chi connectivity index (χ2n) is 5.01. The summed E-state index contributed by atoms with van der Waals surface area (Å²) in [5.74, 6) is 0.515. The third kappa shape index (κ3) is 6.67. The molecule has 0 aliphatic heterocycles. The summed E-state index contributed by atoms with van der Waals surface area (Å²) in [5, 5.41) is 3.18. The first-order chi connectivity index (χ1) is 9.94. The van der Waals surface area contributed by atoms with Crippen LogP contribution in [0.1, 0.15) is 18.4 Å². The molecule has 0 aromatic heterocycles. The zero-order valence-corrected chi connectivity index (χ0v) is 13.0. The number of nitrogens with one attached hydrogen (secondary N) is 1. The Morgan fingerprint density at radius 1 is 1.29 bits per heavy atom. The fourth-order valence-corrected chi connectivity index (χ4v) is 2.28. The molecule has 1 aliphatic rings. The molecule has 3 nitrogen and oxygen atoms in total. The minimum Gasteiger partial charge on any atom is -0.405 e. The van der Waals surface area contributed by atoms with Crippen LogP contribution >= 0.6 is 15.9 Å². The fraction of sp³-hybridized carbons (Fsp3) is 0.571. The lowest BCUT2D eigenvalue weighted by Crippen LogP contribution is -2.20. The van der Waals surface area contributed by atoms with Gasteiger partial charge in [0.2, 0.25) is 0 Å². The van der Waals surface area contributed by atoms with E-state index >= 15 is 0 Å². The molecule has 0 spiro atoms. The van der Waals surface area contributed by atoms with Gasteiger partial charge in [0, 0.05) is 19.7 Å². The highest BCUT2D eigenvalue weighted by Crippen LogP contribution is 2.31. The molecule has 0 amide bonds. The zero-order chi connectivity index (χ0) is 15.3. The van der Waals surface area contributed by atoms with Crippen LogP contribution in [0.5, 0.6) is 5.75 Å². The van der Waals surface area contributed by atoms with Crippen molar-refractivity contribution in [3.63, 3.8) is 0 Å². The number of benzene rings is 1. The smallest absolute Gasteiger partial charge is 0.405 e. The minimum absolute atomic E-state index is 0.237. The van der Waals surface area contributed by atoms with E-state index in [4.69, 9.17) is 4.74 Å². The largest absolute Gasteiger partial charge is 0.573 e. The lowest BCUT2D eigenvalue weighted by atomic mass is 10.2. The Labute approximate surface area is 129 Å². The van der Waals surface area contributed by atoms with Gasteiger partial charge in [0.05, 0.1) is 11.1 Å². The fourth-order valence-electron chi connectivity index (χ4n) is 1.77. The molecule has 7 heteroatoms. The van der Waals surface area contributed by atoms with Gasteiger partial charge in [0.15, 0.2) is 0 Å². The van der Waals surface area contributed by atoms with Crippen molar-refractivity contribution >= 4 is 15.9 Å². The molecule has 0 heterocycles. The average molecular weight is 368 g/mol. The lowest BCUT2D eigenvalue weighted by molar-refractivity contribution is -0.274. The summed E-state index contributed by atoms with van der Waals surface area (Å²) in [6.07, 6.45) is -2.14. The maximum Gasteiger partial charge on any atom is 0.573 e. The summed E-state index contributed by atoms with van der Waals surface area (Å²) < 4.78 is 46.0. The van der Waals surface area contributed by atoms with Crippen molar-refractivity contribution in [2.75, 3.05) is 19.8 Å². The van der Waals surface area contributed by atoms with Crippen molar-refractivity contribution in [1.82, 2.24) is 5.32 Å². The van der Waals surface area contributed by atoms with Crippen LogP contribution in [0.4, 0.5) is 13.2 Å². The highest BCUT2D eigenvalue weighted by Gasteiger charge is 2.31. The topological polar surface area (TPSA) is 30.5 Å². The van der Waals surface area contributed by atoms with Gasteiger partial charge in [-0.3, -0.25) is 0 Å². The van der Waals surface area contributed by atoms with Gasteiger partial charge < -0.3 is 14.8 Å². The number of halogens is 4. The summed E-state index contributed by atoms with van der Waals surface area (Å²) in [4.78, 5) is 0. The Morgan fingerprint density at radius 2 is 2.05 bits per heavy atom. The predicted molar refractivity (Wildman–Crippen MR) is 76.1 cm³/mol. The van der Waals surface area contributed by atoms with E-state index < -0.39 is 6.36 Å². The van der Waals surface area contributed by atoms with Crippen molar-refractivity contribution in [1.29, 1.82) is 0 Å². The molecule has 1 aromatic carbocycles. The maximum atomic E-state index is 12.1. The summed E-state index contributed by atoms with van der Waals surface area (Å²) in [6.45, 7) is 2.76. The summed E-state index contributed by atoms with van der Waals surface area (Å²) >= 11 is 3.08. The lowest BCUT2D eigenvalue weighted by Gasteiger charge is -2.12. The van der Waals surface area contributed by atoms with Crippen LogP contribution in [0.3, 0.4) is 0 Å². The van der Waals surface area contributed by atoms with Gasteiger partial charge in [-0.1, -0.05) is 6.07 Å². The summed E-state index contributed by atoms with van der Waals surface area (Å²) in [6, 6.07) is 4.52. The first-order valence-electron chi connectivity index (χ1n) is 6.76. The van der Waals surface area contributed by atoms with Crippen LogP contribution in [0.25, 0.3) is 0 Å². The predicted octanol–water partition coefficient (Wildman–Crippen LogP) is 3.86. The molecule has 0 saturated heterocycles. The Bertz CT molecular complexity index is 464. The number of hydrogen-bond acceptors (Lipinski definition) is 3. The van der Waals surface area contributed by atoms with E-state index in [-0.39, 0.29) is 10.2 Å². The SMILES string of the molecule is FC(F)(F)Oc1ccc(CNCCOCC2CC2)cc1Br. The van der Waals surface area contributed by atoms with Crippen LogP contribution < -0.4 is 10.1 Å². The van der Waals surface area contributed by atoms with E-state index in [2.05, 4.69) is 26.0 Å². The molecule has 1 saturated carbocycles. The number of rotatable bonds is 8. The highest BCUT2D eigenvalue weighted by molar-refractivity contribution is 9.10. The second kappa shape index (κ2) is 7.47. The second-order valence-corrected chi connectivity index (χ2v) is 5.86. The molecular weight excluding hydrogens is 351 g/mol. The third-order valence-electron chi connectivity index (χ3n) is 3.02. The quantitative estimate of drug-likeness (QED) is 0.707. The van der Waals surface area contributed by atoms with Crippen molar-refractivity contribution in [2.45, 2.75) is 25.7 Å². The van der Waals surface area contributed by atoms with Crippen molar-refractivity contribution in [3.8, 4) is 5.75 Å². The van der Waals surface area contributed by atoms with E-state index in [1.807, 2.05) is 0 Å². The third-order valence-corrected chi connectivity index (χ3v) is 3.64. The van der Waals surface area contributed by atoms with Gasteiger partial charge in [-0.2, -0.15) is 0 Å². The zero-order valence-electron chi connectivity index (χ0n) is 11.4. The molecule has 1 aliphatic carbocycles. The first kappa shape index (κ1) is 16.6. The number of hydrogen-bond donors (Lipinski definition) is 1. The molecule has 118 valence electrons. The number of ether oxygens (including phenoxy) is 2. The van der Waals surface area contributed by atoms with Crippen LogP contribution in [-0.2, 0) is 11.3 Å². The Kier molecular flexibility index (Phi) is 5.89. The monoisotopic (exact) mass is 367 g/mol. The molecule has 2 rings (SSSR count). The van der Waals surface area contributed by atoms with Gasteiger partial charge in [-0.05, 0) is 52.4 Å². The van der Waals surface area contributed by atoms with Gasteiger partial charge >= 0.3 is 6.36 Å². The molecule has 21 heavy (non-hydrogen) atoms. The van der Waals surface area contributed by atoms with Gasteiger partial charge in [-0.15, -0.1) is 13.2 Å². The molecule has 0 radical (unpaired) electrons. The molecule has 1 aromatic rings. The maximum absolute atomic E-state index is 12.1. The molecule has 1 N–H and O–H groups in total. The van der Waals surface area contributed by atoms with Gasteiger partial charge in [0.1, 0.15) is 5.75 Å². The normalized spacial score (nSPS) is 15.2. The average Bonchev–Trinajstić information content (AvgIpc) is 3.19. The molecule has 0 atom stereocenters. The number of alkyl halides is 3. The van der Waals surface area contributed by atoms with Crippen LogP contribution in [0, 0.1) is 5.92 Å². The Morgan fingerprint density at radius 3 is 2.67 bits per heavy atom. The van der Waals surface area contributed by atoms with E-state index in [9.17, 15) is 13.2 Å². The van der Waals surface area contributed by atoms with E-state index in [1.54, 1.807) is 12.1 Å². The van der Waals surface area contributed by atoms with Crippen LogP contribution in [-0.4, -0.2) is 26.1 Å². The van der Waals surface area contributed by atoms with Gasteiger partial charge in [0.25, 0.3) is 0 Å². The van der Waals surface area contributed by atoms with E-state index in [1.165, 1.54) is 18.9 Å². The molecule has 1 fully saturated rings. The standard InChI is InChI=1S/C14H17BrF3NO2/c15-12-7-11(3-4-13(12)21-14(16,17)18)8-19-5-6-20-9-10-1-2-10/h3-4,7,10,19H,1-2,5-6,8-9H2. The summed E-state index contributed by atoms with van der Waals surface area (Å²) in [7, 11) is 0. The minimum atomic E-state index is -4.68. The molecule has 0 unspecified atom stereocenters. The Balaban J connectivity index is 1.69. The van der Waals surface area contributed by atoms with Gasteiger partial charge in [-0.25, -0.2) is 0 Å². The van der Waals surface area contributed by atoms with Crippen LogP contribution in [0.2, 0.25) is 0 Å². The highest BCUT2D eigenvalue weighted by atomic mass is 79.9. The van der Waals surface area contributed by atoms with Crippen molar-refractivity contribution < 1.29 is 22.6 Å². The first-order valence-corrected chi connectivity index (χ1v) is 7.56. The van der Waals surface area contributed by atoms with Crippen molar-refractivity contribution in [2.24, 2.45) is 5.92 Å². The Hall–Kier alpha value is -0.790. The van der Waals surface area contributed by atoms with Crippen LogP contribution in [0.15, 0.2) is 22.7 Å². The van der Waals surface area contributed by atoms with E-state index in [0.717, 1.165) is 18.1 Å². The molecular formula is C14H17BrF3NO2. The van der Waals surface area contributed by atoms with E-state index in [0.29, 0.717) is 19.7 Å². The summed E-state index contributed by atoms with van der Waals surface area (Å²) in [5.41, 5.74) is 0.874. The molecule has 0 bridgehead atoms.